The Hall–Kier alpha value is -7.60. The Bertz CT molecular complexity index is 3620. The average Bonchev–Trinajstić information content (AvgIpc) is 1.63. The van der Waals surface area contributed by atoms with Crippen molar-refractivity contribution in [3.8, 4) is 32.6 Å². The highest BCUT2D eigenvalue weighted by molar-refractivity contribution is 7.17. The van der Waals surface area contributed by atoms with Gasteiger partial charge in [-0.1, -0.05) is 48.6 Å². The minimum atomic E-state index is -2.04. The number of aliphatic hydroxyl groups is 6. The van der Waals surface area contributed by atoms with Crippen LogP contribution in [0, 0.1) is 5.92 Å². The Morgan fingerprint density at radius 2 is 1.26 bits per heavy atom. The van der Waals surface area contributed by atoms with Gasteiger partial charge in [0.1, 0.15) is 46.3 Å². The van der Waals surface area contributed by atoms with Crippen molar-refractivity contribution in [3.05, 3.63) is 108 Å². The van der Waals surface area contributed by atoms with Crippen molar-refractivity contribution in [2.24, 2.45) is 17.4 Å². The number of benzene rings is 4. The van der Waals surface area contributed by atoms with Crippen LogP contribution >= 0.6 is 48.6 Å². The molecule has 13 atom stereocenters. The summed E-state index contributed by atoms with van der Waals surface area (Å²) in [4.78, 5) is 111. The molecule has 6 heterocycles. The van der Waals surface area contributed by atoms with Gasteiger partial charge in [0, 0.05) is 119 Å². The molecule has 0 spiro atoms. The number of aromatic nitrogens is 2. The number of morpholine rings is 1. The van der Waals surface area contributed by atoms with E-state index in [-0.39, 0.29) is 92.5 Å². The second kappa shape index (κ2) is 37.7. The summed E-state index contributed by atoms with van der Waals surface area (Å²) < 4.78 is 11.2. The lowest BCUT2D eigenvalue weighted by Crippen LogP contribution is -2.64. The molecular formula is C68H93Cl3N14O16S. The lowest BCUT2D eigenvalue weighted by atomic mass is 9.98. The molecule has 34 heteroatoms. The summed E-state index contributed by atoms with van der Waals surface area (Å²) >= 11 is 1.34. The van der Waals surface area contributed by atoms with Crippen LogP contribution in [0.3, 0.4) is 0 Å². The number of carbonyl (C=O) groups is 7. The molecule has 16 N–H and O–H groups in total. The lowest BCUT2D eigenvalue weighted by molar-refractivity contribution is -0.147. The van der Waals surface area contributed by atoms with Gasteiger partial charge in [0.15, 0.2) is 11.5 Å². The molecule has 5 aromatic rings. The van der Waals surface area contributed by atoms with Crippen molar-refractivity contribution in [1.29, 1.82) is 0 Å². The second-order valence-electron chi connectivity index (χ2n) is 25.9. The first-order chi connectivity index (χ1) is 47.6. The molecular weight excluding hydrogens is 1410 g/mol. The van der Waals surface area contributed by atoms with Gasteiger partial charge in [0.2, 0.25) is 35.4 Å². The summed E-state index contributed by atoms with van der Waals surface area (Å²) in [6.45, 7) is 9.16. The van der Waals surface area contributed by atoms with E-state index in [0.717, 1.165) is 87.0 Å². The molecule has 5 saturated heterocycles. The number of rotatable bonds is 19. The molecule has 1 aromatic heterocycles. The third kappa shape index (κ3) is 20.2. The first kappa shape index (κ1) is 81.7. The predicted octanol–water partition coefficient (Wildman–Crippen LogP) is -0.973. The number of fused-ring (bicyclic) bond motifs is 2. The molecule has 4 aromatic carbocycles. The third-order valence-corrected chi connectivity index (χ3v) is 19.7. The number of carbonyl (C=O) groups excluding carboxylic acids is 7. The number of amides is 7. The highest BCUT2D eigenvalue weighted by atomic mass is 35.5. The number of aromatic hydroxyl groups is 1. The summed E-state index contributed by atoms with van der Waals surface area (Å²) in [6.07, 6.45) is -11.4. The zero-order valence-electron chi connectivity index (χ0n) is 56.5. The molecule has 10 rings (SSSR count). The molecule has 5 aliphatic rings. The van der Waals surface area contributed by atoms with Gasteiger partial charge >= 0.3 is 0 Å². The first-order valence-electron chi connectivity index (χ1n) is 33.5. The number of halogens is 3. The van der Waals surface area contributed by atoms with Crippen molar-refractivity contribution in [2.45, 2.75) is 125 Å². The molecule has 0 aliphatic carbocycles. The molecule has 102 heavy (non-hydrogen) atoms. The average molecular weight is 1500 g/mol. The number of β-amino-alcohol motifs (C(OH)–C–C–N with tert-alkyl or cyclic N) is 1. The number of nitrogens with two attached hydrogens (primary N) is 2. The van der Waals surface area contributed by atoms with E-state index in [9.17, 15) is 69.3 Å². The molecule has 558 valence electrons. The zero-order chi connectivity index (χ0) is 70.6. The smallest absolute Gasteiger partial charge is 0.251 e. The highest BCUT2D eigenvalue weighted by Gasteiger charge is 2.50. The predicted molar refractivity (Wildman–Crippen MR) is 385 cm³/mol. The summed E-state index contributed by atoms with van der Waals surface area (Å²) in [5.74, 6) is -8.58. The van der Waals surface area contributed by atoms with Crippen molar-refractivity contribution < 1.29 is 78.8 Å². The Morgan fingerprint density at radius 3 is 1.89 bits per heavy atom. The number of phenolic OH excluding ortho intramolecular Hbond substituents is 1. The van der Waals surface area contributed by atoms with Gasteiger partial charge in [-0.3, -0.25) is 38.5 Å². The second-order valence-corrected chi connectivity index (χ2v) is 26.9. The van der Waals surface area contributed by atoms with Crippen molar-refractivity contribution in [1.82, 2.24) is 51.5 Å². The number of nitrogens with zero attached hydrogens (tertiary/aromatic N) is 7. The van der Waals surface area contributed by atoms with Crippen LogP contribution in [-0.4, -0.2) is 267 Å². The quantitative estimate of drug-likeness (QED) is 0.0442. The van der Waals surface area contributed by atoms with Crippen LogP contribution in [0.25, 0.3) is 21.1 Å². The number of anilines is 2. The van der Waals surface area contributed by atoms with Crippen molar-refractivity contribution >= 4 is 101 Å². The molecule has 5 fully saturated rings. The van der Waals surface area contributed by atoms with Gasteiger partial charge in [-0.15, -0.1) is 47.4 Å². The normalized spacial score (nSPS) is 25.1. The molecule has 30 nitrogen and oxygen atoms in total. The Kier molecular flexibility index (Phi) is 30.2. The van der Waals surface area contributed by atoms with Gasteiger partial charge in [0.05, 0.1) is 56.4 Å². The SMILES string of the molecule is C[C@@H](O)[C@@H]1NC(=O)[C@@H](NC(=O)c2ccc(-c3nnc(-c4ccc(N5CCN(Cc6ccc(N7CCOCC7)cc6)CC5)cc4)s3)cc2)C[C@@H](O)CNC(=O)[C@@H]2[C@@H](O)[C@@H](C)CN2C(=O)[C@H]([C@H](O)CCN)NC(=O)[C@H]([C@H](O)Cc2ccc(O)c(OCCCN)c2)NC(=O)[C@@H]2C[C@@H](O)CN2C1=O.Cl.Cl.Cl. The minimum absolute atomic E-state index is 0. The highest BCUT2D eigenvalue weighted by Crippen LogP contribution is 2.33. The van der Waals surface area contributed by atoms with E-state index in [0.29, 0.717) is 22.0 Å². The zero-order valence-corrected chi connectivity index (χ0v) is 59.8. The number of piperazine rings is 1. The maximum absolute atomic E-state index is 14.8. The molecule has 0 radical (unpaired) electrons. The van der Waals surface area contributed by atoms with Crippen LogP contribution in [0.5, 0.6) is 11.5 Å². The monoisotopic (exact) mass is 1500 g/mol. The number of aliphatic hydroxyl groups excluding tert-OH is 6. The fourth-order valence-electron chi connectivity index (χ4n) is 13.0. The van der Waals surface area contributed by atoms with Gasteiger partial charge in [0.25, 0.3) is 5.91 Å². The van der Waals surface area contributed by atoms with Gasteiger partial charge in [-0.2, -0.15) is 0 Å². The number of ether oxygens (including phenoxy) is 2. The van der Waals surface area contributed by atoms with Crippen LogP contribution < -0.4 is 52.6 Å². The maximum Gasteiger partial charge on any atom is 0.251 e. The number of phenols is 1. The molecule has 0 saturated carbocycles. The number of nitrogens with one attached hydrogen (secondary N) is 5. The number of hydrogen-bond acceptors (Lipinski definition) is 24. The maximum atomic E-state index is 14.8. The van der Waals surface area contributed by atoms with Gasteiger partial charge in [-0.05, 0) is 105 Å². The third-order valence-electron chi connectivity index (χ3n) is 18.7. The van der Waals surface area contributed by atoms with Crippen LogP contribution in [0.4, 0.5) is 11.4 Å². The van der Waals surface area contributed by atoms with Crippen LogP contribution in [0.1, 0.15) is 61.0 Å². The van der Waals surface area contributed by atoms with Crippen molar-refractivity contribution in [2.75, 3.05) is 102 Å². The van der Waals surface area contributed by atoms with Gasteiger partial charge < -0.3 is 103 Å². The van der Waals surface area contributed by atoms with Gasteiger partial charge in [-0.25, -0.2) is 0 Å². The standard InChI is InChI=1S/C68H90N14O16S.3ClH/c1-38-35-82-58(59(38)89)64(94)71-34-47(84)32-49(72-60(90)42-7-9-43(10-8-42)65-76-77-66(99-65)44-11-15-46(16-12-44)79-23-21-78(22-24-79)36-40-4-13-45(14-5-40)80-25-28-97-29-26-80)61(91)73-55(39(2)83)67(95)81-37-48(85)33-50(81)62(92)74-56(63(93)75-57(68(82)96)52(87)18-20-70)53(88)30-41-6-17-51(86)54(31-41)98-27-3-19-69;;;/h4-17,31,38-39,47-50,52-53,55-59,83-89H,3,18-30,32-37,69-70H2,1-2H3,(H,71,94)(H,72,90)(H,73,91)(H,74,92)(H,75,93);3*1H/t38-,39+,47+,48+,49-,50-,52+,53+,55-,56-,57-,58-,59-;;;/m0.../s1. The largest absolute Gasteiger partial charge is 0.504 e. The summed E-state index contributed by atoms with van der Waals surface area (Å²) in [5.41, 5.74) is 16.8. The fraction of sp³-hybridized carbons (Fsp3) is 0.515. The topological polar surface area (TPSA) is 434 Å². The minimum Gasteiger partial charge on any atom is -0.504 e. The Morgan fingerprint density at radius 1 is 0.676 bits per heavy atom. The lowest BCUT2D eigenvalue weighted by Gasteiger charge is -2.36. The molecule has 5 aliphatic heterocycles. The van der Waals surface area contributed by atoms with Crippen LogP contribution in [0.15, 0.2) is 91.0 Å². The van der Waals surface area contributed by atoms with E-state index in [1.807, 2.05) is 12.1 Å². The fourth-order valence-corrected chi connectivity index (χ4v) is 13.9. The first-order valence-corrected chi connectivity index (χ1v) is 34.4. The van der Waals surface area contributed by atoms with Crippen LogP contribution in [0.2, 0.25) is 0 Å². The van der Waals surface area contributed by atoms with E-state index in [1.165, 1.54) is 52.9 Å². The van der Waals surface area contributed by atoms with E-state index in [4.69, 9.17) is 20.9 Å². The Labute approximate surface area is 613 Å². The molecule has 0 bridgehead atoms. The van der Waals surface area contributed by atoms with E-state index >= 15 is 0 Å². The van der Waals surface area contributed by atoms with E-state index < -0.39 is 152 Å². The van der Waals surface area contributed by atoms with E-state index in [2.05, 4.69) is 87.9 Å². The molecule has 7 amide bonds. The summed E-state index contributed by atoms with van der Waals surface area (Å²) in [5, 5.41) is 102. The van der Waals surface area contributed by atoms with E-state index in [1.54, 1.807) is 19.1 Å². The summed E-state index contributed by atoms with van der Waals surface area (Å²) in [6, 6.07) is 16.3. The van der Waals surface area contributed by atoms with Crippen LogP contribution in [-0.2, 0) is 46.5 Å². The summed E-state index contributed by atoms with van der Waals surface area (Å²) in [7, 11) is 0. The number of hydrogen-bond donors (Lipinski definition) is 14. The Balaban J connectivity index is 0.00000486. The molecule has 0 unspecified atom stereocenters. The van der Waals surface area contributed by atoms with Crippen molar-refractivity contribution in [3.63, 3.8) is 0 Å².